The number of likely N-dealkylation sites (tertiary alicyclic amines) is 1. The molecule has 0 radical (unpaired) electrons. The maximum atomic E-state index is 12.2. The fourth-order valence-electron chi connectivity index (χ4n) is 3.54. The summed E-state index contributed by atoms with van der Waals surface area (Å²) >= 11 is 0. The maximum absolute atomic E-state index is 12.2. The van der Waals surface area contributed by atoms with Crippen LogP contribution in [0, 0.1) is 5.92 Å². The molecule has 1 fully saturated rings. The lowest BCUT2D eigenvalue weighted by atomic mass is 9.81. The molecule has 3 amide bonds. The summed E-state index contributed by atoms with van der Waals surface area (Å²) in [7, 11) is 1.54. The second-order valence-electron chi connectivity index (χ2n) is 6.38. The topological polar surface area (TPSA) is 95.9 Å². The number of nitrogens with zero attached hydrogens (tertiary/aromatic N) is 1. The molecule has 2 N–H and O–H groups in total. The number of amides is 3. The number of nitrogens with one attached hydrogen (secondary N) is 1. The van der Waals surface area contributed by atoms with Gasteiger partial charge in [-0.05, 0) is 20.3 Å². The van der Waals surface area contributed by atoms with Gasteiger partial charge in [-0.1, -0.05) is 25.5 Å². The number of imide groups is 1. The zero-order valence-corrected chi connectivity index (χ0v) is 15.0. The van der Waals surface area contributed by atoms with Crippen LogP contribution in [0.1, 0.15) is 47.0 Å². The van der Waals surface area contributed by atoms with E-state index in [1.807, 2.05) is 26.8 Å². The highest BCUT2D eigenvalue weighted by Gasteiger charge is 2.52. The van der Waals surface area contributed by atoms with Gasteiger partial charge in [-0.25, -0.2) is 9.69 Å². The predicted octanol–water partition coefficient (Wildman–Crippen LogP) is 2.17. The summed E-state index contributed by atoms with van der Waals surface area (Å²) in [5.41, 5.74) is -0.788. The maximum Gasteiger partial charge on any atom is 0.414 e. The molecule has 7 nitrogen and oxygen atoms in total. The first kappa shape index (κ1) is 20.2. The van der Waals surface area contributed by atoms with Gasteiger partial charge < -0.3 is 15.2 Å². The van der Waals surface area contributed by atoms with E-state index in [2.05, 4.69) is 5.32 Å². The highest BCUT2D eigenvalue weighted by Crippen LogP contribution is 2.36. The van der Waals surface area contributed by atoms with Crippen LogP contribution in [-0.2, 0) is 14.3 Å². The van der Waals surface area contributed by atoms with E-state index in [-0.39, 0.29) is 18.2 Å². The Morgan fingerprint density at radius 1 is 1.54 bits per heavy atom. The van der Waals surface area contributed by atoms with Crippen molar-refractivity contribution in [3.63, 3.8) is 0 Å². The molecule has 24 heavy (non-hydrogen) atoms. The number of carbonyl (C=O) groups is 3. The van der Waals surface area contributed by atoms with E-state index in [4.69, 9.17) is 4.74 Å². The van der Waals surface area contributed by atoms with Gasteiger partial charge in [0.2, 0.25) is 11.8 Å². The van der Waals surface area contributed by atoms with Gasteiger partial charge >= 0.3 is 6.09 Å². The van der Waals surface area contributed by atoms with Crippen LogP contribution in [0.4, 0.5) is 4.79 Å². The fraction of sp³-hybridized carbons (Fsp3) is 0.706. The molecule has 1 aliphatic heterocycles. The van der Waals surface area contributed by atoms with Crippen LogP contribution in [0.2, 0.25) is 0 Å². The van der Waals surface area contributed by atoms with Gasteiger partial charge in [-0.15, -0.1) is 0 Å². The molecule has 0 aliphatic carbocycles. The average Bonchev–Trinajstić information content (AvgIpc) is 2.81. The van der Waals surface area contributed by atoms with Crippen LogP contribution in [-0.4, -0.2) is 52.7 Å². The average molecular weight is 340 g/mol. The zero-order valence-electron chi connectivity index (χ0n) is 15.0. The Labute approximate surface area is 143 Å². The molecule has 0 unspecified atom stereocenters. The van der Waals surface area contributed by atoms with E-state index in [1.54, 1.807) is 6.08 Å². The van der Waals surface area contributed by atoms with Gasteiger partial charge in [0.25, 0.3) is 0 Å². The molecular formula is C17H28N2O5. The van der Waals surface area contributed by atoms with Crippen LogP contribution >= 0.6 is 0 Å². The lowest BCUT2D eigenvalue weighted by Crippen LogP contribution is -2.63. The first-order valence-electron chi connectivity index (χ1n) is 8.21. The largest absolute Gasteiger partial charge is 0.465 e. The van der Waals surface area contributed by atoms with Crippen molar-refractivity contribution in [1.29, 1.82) is 0 Å². The van der Waals surface area contributed by atoms with Crippen molar-refractivity contribution < 1.29 is 24.2 Å². The van der Waals surface area contributed by atoms with Crippen molar-refractivity contribution >= 4 is 17.9 Å². The Kier molecular flexibility index (Phi) is 6.95. The first-order chi connectivity index (χ1) is 11.2. The Balaban J connectivity index is 3.40. The zero-order chi connectivity index (χ0) is 18.5. The summed E-state index contributed by atoms with van der Waals surface area (Å²) in [4.78, 5) is 36.5. The van der Waals surface area contributed by atoms with E-state index in [0.29, 0.717) is 6.42 Å². The molecule has 4 atom stereocenters. The van der Waals surface area contributed by atoms with Crippen LogP contribution in [0.25, 0.3) is 0 Å². The molecule has 1 aliphatic rings. The third-order valence-corrected chi connectivity index (χ3v) is 4.63. The number of carboxylic acid groups (broad SMARTS) is 1. The number of rotatable bonds is 7. The fourth-order valence-corrected chi connectivity index (χ4v) is 3.54. The summed E-state index contributed by atoms with van der Waals surface area (Å²) in [6.07, 6.45) is 3.83. The van der Waals surface area contributed by atoms with E-state index < -0.39 is 29.7 Å². The van der Waals surface area contributed by atoms with Gasteiger partial charge in [0.15, 0.2) is 0 Å². The monoisotopic (exact) mass is 340 g/mol. The summed E-state index contributed by atoms with van der Waals surface area (Å²) in [5.74, 6) is -1.05. The van der Waals surface area contributed by atoms with Crippen LogP contribution in [0.3, 0.4) is 0 Å². The summed E-state index contributed by atoms with van der Waals surface area (Å²) < 4.78 is 5.67. The van der Waals surface area contributed by atoms with Crippen molar-refractivity contribution in [3.05, 3.63) is 12.2 Å². The van der Waals surface area contributed by atoms with E-state index in [9.17, 15) is 19.5 Å². The minimum atomic E-state index is -1.30. The van der Waals surface area contributed by atoms with Crippen molar-refractivity contribution in [2.24, 2.45) is 5.92 Å². The summed E-state index contributed by atoms with van der Waals surface area (Å²) in [5, 5.41) is 12.4. The third kappa shape index (κ3) is 4.14. The minimum absolute atomic E-state index is 0.101. The van der Waals surface area contributed by atoms with Crippen LogP contribution < -0.4 is 5.32 Å². The molecule has 1 heterocycles. The van der Waals surface area contributed by atoms with Crippen molar-refractivity contribution in [3.8, 4) is 0 Å². The Morgan fingerprint density at radius 2 is 2.17 bits per heavy atom. The molecule has 7 heteroatoms. The Morgan fingerprint density at radius 3 is 2.58 bits per heavy atom. The van der Waals surface area contributed by atoms with E-state index >= 15 is 0 Å². The number of ether oxygens (including phenoxy) is 1. The molecule has 0 aromatic heterocycles. The molecule has 0 aromatic carbocycles. The SMILES string of the molecule is C/C=C\[C@@H]1CC(=O)N(C(=O)O)[C@H]1[C@@H](NC(C)=O)[C@](C)(CCC)OC. The summed E-state index contributed by atoms with van der Waals surface area (Å²) in [6.45, 7) is 7.02. The molecule has 0 bridgehead atoms. The lowest BCUT2D eigenvalue weighted by molar-refractivity contribution is -0.131. The molecule has 136 valence electrons. The number of allylic oxidation sites excluding steroid dienone is 1. The molecule has 1 rings (SSSR count). The Hall–Kier alpha value is -1.89. The Bertz CT molecular complexity index is 519. The summed E-state index contributed by atoms with van der Waals surface area (Å²) in [6, 6.07) is -1.34. The standard InChI is InChI=1S/C17H28N2O5/c1-6-8-12-10-13(21)19(16(22)23)14(12)15(18-11(3)20)17(4,24-5)9-7-2/h6,8,12,14-15H,7,9-10H2,1-5H3,(H,18,20)(H,22,23)/b8-6-/t12-,14-,15-,17+/m1/s1. The minimum Gasteiger partial charge on any atom is -0.465 e. The van der Waals surface area contributed by atoms with Gasteiger partial charge in [0.1, 0.15) is 0 Å². The van der Waals surface area contributed by atoms with Gasteiger partial charge in [-0.3, -0.25) is 9.59 Å². The van der Waals surface area contributed by atoms with Crippen LogP contribution in [0.15, 0.2) is 12.2 Å². The molecule has 1 saturated heterocycles. The molecular weight excluding hydrogens is 312 g/mol. The number of carbonyl (C=O) groups excluding carboxylic acids is 2. The lowest BCUT2D eigenvalue weighted by Gasteiger charge is -2.43. The van der Waals surface area contributed by atoms with Crippen molar-refractivity contribution in [2.45, 2.75) is 64.6 Å². The highest BCUT2D eigenvalue weighted by atomic mass is 16.5. The first-order valence-corrected chi connectivity index (χ1v) is 8.21. The van der Waals surface area contributed by atoms with E-state index in [1.165, 1.54) is 14.0 Å². The van der Waals surface area contributed by atoms with Gasteiger partial charge in [0.05, 0.1) is 17.7 Å². The highest BCUT2D eigenvalue weighted by molar-refractivity contribution is 5.94. The number of hydrogen-bond donors (Lipinski definition) is 2. The number of methoxy groups -OCH3 is 1. The van der Waals surface area contributed by atoms with Crippen LogP contribution in [0.5, 0.6) is 0 Å². The normalized spacial score (nSPS) is 24.9. The smallest absolute Gasteiger partial charge is 0.414 e. The number of hydrogen-bond acceptors (Lipinski definition) is 4. The third-order valence-electron chi connectivity index (χ3n) is 4.63. The second kappa shape index (κ2) is 8.28. The second-order valence-corrected chi connectivity index (χ2v) is 6.38. The predicted molar refractivity (Wildman–Crippen MR) is 89.5 cm³/mol. The van der Waals surface area contributed by atoms with Crippen molar-refractivity contribution in [1.82, 2.24) is 10.2 Å². The quantitative estimate of drug-likeness (QED) is 0.693. The van der Waals surface area contributed by atoms with E-state index in [0.717, 1.165) is 11.3 Å². The van der Waals surface area contributed by atoms with Crippen molar-refractivity contribution in [2.75, 3.05) is 7.11 Å². The molecule has 0 aromatic rings. The molecule has 0 spiro atoms. The van der Waals surface area contributed by atoms with Gasteiger partial charge in [0, 0.05) is 26.4 Å². The molecule has 0 saturated carbocycles. The van der Waals surface area contributed by atoms with Gasteiger partial charge in [-0.2, -0.15) is 0 Å².